The van der Waals surface area contributed by atoms with E-state index in [1.54, 1.807) is 0 Å². The summed E-state index contributed by atoms with van der Waals surface area (Å²) in [7, 11) is 0. The Morgan fingerprint density at radius 1 is 1.18 bits per heavy atom. The van der Waals surface area contributed by atoms with Gasteiger partial charge in [0.15, 0.2) is 0 Å². The summed E-state index contributed by atoms with van der Waals surface area (Å²) in [5.74, 6) is -0.185. The SMILES string of the molecule is Fc1ccc(CNC2CCCCCC2)c(Br)c1. The maximum Gasteiger partial charge on any atom is 0.124 e. The first kappa shape index (κ1) is 13.0. The molecule has 94 valence electrons. The molecule has 0 heterocycles. The minimum Gasteiger partial charge on any atom is -0.310 e. The minimum atomic E-state index is -0.185. The molecule has 0 aromatic heterocycles. The van der Waals surface area contributed by atoms with E-state index in [1.165, 1.54) is 50.7 Å². The van der Waals surface area contributed by atoms with Crippen molar-refractivity contribution in [3.63, 3.8) is 0 Å². The van der Waals surface area contributed by atoms with E-state index in [2.05, 4.69) is 21.2 Å². The molecule has 0 spiro atoms. The predicted molar refractivity (Wildman–Crippen MR) is 72.4 cm³/mol. The minimum absolute atomic E-state index is 0.185. The van der Waals surface area contributed by atoms with Crippen LogP contribution in [0.1, 0.15) is 44.1 Å². The predicted octanol–water partition coefficient (Wildman–Crippen LogP) is 4.40. The van der Waals surface area contributed by atoms with Gasteiger partial charge in [0.05, 0.1) is 0 Å². The van der Waals surface area contributed by atoms with Gasteiger partial charge in [-0.25, -0.2) is 4.39 Å². The monoisotopic (exact) mass is 299 g/mol. The van der Waals surface area contributed by atoms with Gasteiger partial charge in [-0.05, 0) is 30.5 Å². The summed E-state index contributed by atoms with van der Waals surface area (Å²) >= 11 is 3.41. The molecule has 0 atom stereocenters. The van der Waals surface area contributed by atoms with Gasteiger partial charge in [0, 0.05) is 17.1 Å². The Kier molecular flexibility index (Phi) is 4.99. The number of benzene rings is 1. The van der Waals surface area contributed by atoms with Crippen LogP contribution < -0.4 is 5.32 Å². The quantitative estimate of drug-likeness (QED) is 0.816. The fourth-order valence-corrected chi connectivity index (χ4v) is 2.89. The van der Waals surface area contributed by atoms with Gasteiger partial charge >= 0.3 is 0 Å². The summed E-state index contributed by atoms with van der Waals surface area (Å²) in [5, 5.41) is 3.59. The van der Waals surface area contributed by atoms with Gasteiger partial charge in [-0.2, -0.15) is 0 Å². The first-order chi connectivity index (χ1) is 8.25. The molecular weight excluding hydrogens is 281 g/mol. The van der Waals surface area contributed by atoms with Crippen LogP contribution >= 0.6 is 15.9 Å². The Balaban J connectivity index is 1.88. The molecule has 0 bridgehead atoms. The fourth-order valence-electron chi connectivity index (χ4n) is 2.40. The smallest absolute Gasteiger partial charge is 0.124 e. The Morgan fingerprint density at radius 2 is 1.88 bits per heavy atom. The lowest BCUT2D eigenvalue weighted by Gasteiger charge is -2.16. The first-order valence-electron chi connectivity index (χ1n) is 6.43. The highest BCUT2D eigenvalue weighted by molar-refractivity contribution is 9.10. The molecule has 1 fully saturated rings. The number of halogens is 2. The van der Waals surface area contributed by atoms with Crippen molar-refractivity contribution in [1.82, 2.24) is 5.32 Å². The third-order valence-corrected chi connectivity index (χ3v) is 4.19. The number of rotatable bonds is 3. The van der Waals surface area contributed by atoms with Crippen LogP contribution in [0.25, 0.3) is 0 Å². The second kappa shape index (κ2) is 6.50. The normalized spacial score (nSPS) is 18.0. The van der Waals surface area contributed by atoms with E-state index in [1.807, 2.05) is 6.07 Å². The Bertz CT molecular complexity index is 359. The van der Waals surface area contributed by atoms with Gasteiger partial charge in [0.1, 0.15) is 5.82 Å². The lowest BCUT2D eigenvalue weighted by Crippen LogP contribution is -2.27. The molecule has 1 aromatic rings. The van der Waals surface area contributed by atoms with Crippen LogP contribution in [0.4, 0.5) is 4.39 Å². The molecule has 0 radical (unpaired) electrons. The Morgan fingerprint density at radius 3 is 2.53 bits per heavy atom. The molecule has 0 saturated heterocycles. The van der Waals surface area contributed by atoms with Crippen molar-refractivity contribution in [2.75, 3.05) is 0 Å². The molecule has 2 rings (SSSR count). The molecule has 1 nitrogen and oxygen atoms in total. The van der Waals surface area contributed by atoms with Crippen molar-refractivity contribution < 1.29 is 4.39 Å². The largest absolute Gasteiger partial charge is 0.310 e. The lowest BCUT2D eigenvalue weighted by atomic mass is 10.1. The molecule has 0 amide bonds. The van der Waals surface area contributed by atoms with E-state index < -0.39 is 0 Å². The van der Waals surface area contributed by atoms with Gasteiger partial charge in [-0.15, -0.1) is 0 Å². The van der Waals surface area contributed by atoms with Crippen LogP contribution in [0.5, 0.6) is 0 Å². The standard InChI is InChI=1S/C14H19BrFN/c15-14-9-12(16)8-7-11(14)10-17-13-5-3-1-2-4-6-13/h7-9,13,17H,1-6,10H2. The molecule has 1 aliphatic carbocycles. The Hall–Kier alpha value is -0.410. The summed E-state index contributed by atoms with van der Waals surface area (Å²) in [6.07, 6.45) is 7.97. The van der Waals surface area contributed by atoms with Crippen molar-refractivity contribution in [1.29, 1.82) is 0 Å². The van der Waals surface area contributed by atoms with Crippen molar-refractivity contribution >= 4 is 15.9 Å². The van der Waals surface area contributed by atoms with E-state index in [0.29, 0.717) is 6.04 Å². The van der Waals surface area contributed by atoms with Crippen LogP contribution in [0.15, 0.2) is 22.7 Å². The highest BCUT2D eigenvalue weighted by atomic mass is 79.9. The van der Waals surface area contributed by atoms with Crippen LogP contribution in [0, 0.1) is 5.82 Å². The molecule has 17 heavy (non-hydrogen) atoms. The summed E-state index contributed by atoms with van der Waals surface area (Å²) in [6.45, 7) is 0.825. The number of hydrogen-bond donors (Lipinski definition) is 1. The van der Waals surface area contributed by atoms with E-state index >= 15 is 0 Å². The molecule has 0 aliphatic heterocycles. The topological polar surface area (TPSA) is 12.0 Å². The molecule has 1 aliphatic rings. The van der Waals surface area contributed by atoms with Gasteiger partial charge in [-0.1, -0.05) is 47.7 Å². The second-order valence-electron chi connectivity index (χ2n) is 4.81. The molecule has 0 unspecified atom stereocenters. The molecule has 3 heteroatoms. The van der Waals surface area contributed by atoms with Crippen LogP contribution in [0.3, 0.4) is 0 Å². The molecular formula is C14H19BrFN. The molecule has 1 aromatic carbocycles. The first-order valence-corrected chi connectivity index (χ1v) is 7.22. The average Bonchev–Trinajstić information content (AvgIpc) is 2.56. The zero-order valence-electron chi connectivity index (χ0n) is 10.0. The summed E-state index contributed by atoms with van der Waals surface area (Å²) in [6, 6.07) is 5.54. The lowest BCUT2D eigenvalue weighted by molar-refractivity contribution is 0.458. The third-order valence-electron chi connectivity index (χ3n) is 3.45. The number of nitrogens with one attached hydrogen (secondary N) is 1. The highest BCUT2D eigenvalue weighted by Crippen LogP contribution is 2.20. The summed E-state index contributed by atoms with van der Waals surface area (Å²) < 4.78 is 13.8. The maximum atomic E-state index is 12.9. The zero-order valence-corrected chi connectivity index (χ0v) is 11.6. The summed E-state index contributed by atoms with van der Waals surface area (Å²) in [4.78, 5) is 0. The van der Waals surface area contributed by atoms with E-state index in [9.17, 15) is 4.39 Å². The number of hydrogen-bond acceptors (Lipinski definition) is 1. The van der Waals surface area contributed by atoms with Crippen LogP contribution in [-0.4, -0.2) is 6.04 Å². The molecule has 1 N–H and O–H groups in total. The third kappa shape index (κ3) is 4.07. The van der Waals surface area contributed by atoms with Crippen molar-refractivity contribution in [2.24, 2.45) is 0 Å². The van der Waals surface area contributed by atoms with E-state index in [4.69, 9.17) is 0 Å². The van der Waals surface area contributed by atoms with Gasteiger partial charge in [0.2, 0.25) is 0 Å². The fraction of sp³-hybridized carbons (Fsp3) is 0.571. The maximum absolute atomic E-state index is 12.9. The average molecular weight is 300 g/mol. The van der Waals surface area contributed by atoms with Crippen molar-refractivity contribution in [2.45, 2.75) is 51.1 Å². The highest BCUT2D eigenvalue weighted by Gasteiger charge is 2.12. The van der Waals surface area contributed by atoms with Gasteiger partial charge < -0.3 is 5.32 Å². The molecule has 1 saturated carbocycles. The van der Waals surface area contributed by atoms with Crippen LogP contribution in [0.2, 0.25) is 0 Å². The van der Waals surface area contributed by atoms with Gasteiger partial charge in [0.25, 0.3) is 0 Å². The van der Waals surface area contributed by atoms with E-state index in [0.717, 1.165) is 16.6 Å². The van der Waals surface area contributed by atoms with Crippen LogP contribution in [-0.2, 0) is 6.54 Å². The second-order valence-corrected chi connectivity index (χ2v) is 5.66. The summed E-state index contributed by atoms with van der Waals surface area (Å²) in [5.41, 5.74) is 1.13. The van der Waals surface area contributed by atoms with E-state index in [-0.39, 0.29) is 5.82 Å². The zero-order chi connectivity index (χ0) is 12.1. The van der Waals surface area contributed by atoms with Crippen molar-refractivity contribution in [3.05, 3.63) is 34.1 Å². The van der Waals surface area contributed by atoms with Crippen molar-refractivity contribution in [3.8, 4) is 0 Å². The Labute approximate surface area is 111 Å². The van der Waals surface area contributed by atoms with Gasteiger partial charge in [-0.3, -0.25) is 0 Å².